The van der Waals surface area contributed by atoms with Crippen LogP contribution < -0.4 is 5.32 Å². The maximum atomic E-state index is 12.2. The molecule has 1 aromatic heterocycles. The standard InChI is InChI=1S/C22H29N3O3/c1-25-13-14(5-7-28-22(26)20-12-23-6-8-27-20)9-17-16-3-2-4-18-21(16)15(11-24-18)10-19(17)25/h2-4,11,14,17,19-20,23-24H,5-10,12-13H2,1H3/t14-,17-,19-,20?/m1/s1. The summed E-state index contributed by atoms with van der Waals surface area (Å²) in [7, 11) is 2.25. The van der Waals surface area contributed by atoms with Crippen LogP contribution in [-0.2, 0) is 20.7 Å². The number of fused-ring (bicyclic) bond motifs is 2. The van der Waals surface area contributed by atoms with Gasteiger partial charge in [-0.05, 0) is 49.4 Å². The van der Waals surface area contributed by atoms with Crippen molar-refractivity contribution in [3.05, 3.63) is 35.5 Å². The Hall–Kier alpha value is -1.89. The van der Waals surface area contributed by atoms with Crippen molar-refractivity contribution in [3.63, 3.8) is 0 Å². The van der Waals surface area contributed by atoms with Gasteiger partial charge in [0, 0.05) is 48.7 Å². The molecule has 28 heavy (non-hydrogen) atoms. The minimum absolute atomic E-state index is 0.228. The van der Waals surface area contributed by atoms with Gasteiger partial charge in [0.2, 0.25) is 0 Å². The molecule has 1 aliphatic carbocycles. The largest absolute Gasteiger partial charge is 0.464 e. The summed E-state index contributed by atoms with van der Waals surface area (Å²) in [5, 5.41) is 4.61. The minimum Gasteiger partial charge on any atom is -0.464 e. The lowest BCUT2D eigenvalue weighted by molar-refractivity contribution is -0.159. The van der Waals surface area contributed by atoms with Crippen molar-refractivity contribution in [2.45, 2.75) is 37.3 Å². The van der Waals surface area contributed by atoms with Crippen molar-refractivity contribution >= 4 is 16.9 Å². The first kappa shape index (κ1) is 18.2. The van der Waals surface area contributed by atoms with E-state index in [4.69, 9.17) is 9.47 Å². The molecule has 5 rings (SSSR count). The SMILES string of the molecule is CN1C[C@H](CCOC(=O)C2CNCCO2)C[C@@H]2c3cccc4[nH]cc(c34)C[C@H]21. The molecule has 2 aromatic rings. The van der Waals surface area contributed by atoms with E-state index in [1.54, 1.807) is 0 Å². The number of H-pyrrole nitrogens is 1. The highest BCUT2D eigenvalue weighted by atomic mass is 16.6. The van der Waals surface area contributed by atoms with Crippen LogP contribution in [0.4, 0.5) is 0 Å². The molecule has 2 aliphatic heterocycles. The van der Waals surface area contributed by atoms with Crippen LogP contribution in [0.3, 0.4) is 0 Å². The van der Waals surface area contributed by atoms with Crippen LogP contribution in [0.25, 0.3) is 10.9 Å². The Labute approximate surface area is 165 Å². The van der Waals surface area contributed by atoms with Crippen LogP contribution in [0.5, 0.6) is 0 Å². The molecule has 6 heteroatoms. The maximum Gasteiger partial charge on any atom is 0.336 e. The van der Waals surface area contributed by atoms with E-state index in [1.165, 1.54) is 22.0 Å². The highest BCUT2D eigenvalue weighted by molar-refractivity contribution is 5.88. The molecule has 0 saturated carbocycles. The fourth-order valence-corrected chi connectivity index (χ4v) is 5.40. The first-order valence-electron chi connectivity index (χ1n) is 10.5. The van der Waals surface area contributed by atoms with E-state index in [0.29, 0.717) is 37.6 Å². The van der Waals surface area contributed by atoms with Gasteiger partial charge in [0.1, 0.15) is 0 Å². The number of likely N-dealkylation sites (N-methyl/N-ethyl adjacent to an activating group) is 1. The predicted octanol–water partition coefficient (Wildman–Crippen LogP) is 2.05. The lowest BCUT2D eigenvalue weighted by atomic mass is 9.72. The Morgan fingerprint density at radius 3 is 3.18 bits per heavy atom. The molecular weight excluding hydrogens is 354 g/mol. The zero-order valence-corrected chi connectivity index (χ0v) is 16.4. The van der Waals surface area contributed by atoms with Gasteiger partial charge in [0.05, 0.1) is 13.2 Å². The molecule has 2 saturated heterocycles. The number of piperidine rings is 1. The summed E-state index contributed by atoms with van der Waals surface area (Å²) in [4.78, 5) is 18.1. The molecule has 0 spiro atoms. The fourth-order valence-electron chi connectivity index (χ4n) is 5.40. The Morgan fingerprint density at radius 1 is 1.39 bits per heavy atom. The Bertz CT molecular complexity index is 858. The highest BCUT2D eigenvalue weighted by Gasteiger charge is 2.39. The number of aromatic amines is 1. The lowest BCUT2D eigenvalue weighted by Crippen LogP contribution is -2.48. The number of nitrogens with one attached hydrogen (secondary N) is 2. The molecule has 1 unspecified atom stereocenters. The smallest absolute Gasteiger partial charge is 0.336 e. The van der Waals surface area contributed by atoms with Gasteiger partial charge >= 0.3 is 5.97 Å². The average molecular weight is 383 g/mol. The number of nitrogens with zero attached hydrogens (tertiary/aromatic N) is 1. The summed E-state index contributed by atoms with van der Waals surface area (Å²) in [6.07, 6.45) is 4.93. The van der Waals surface area contributed by atoms with Crippen molar-refractivity contribution in [2.75, 3.05) is 39.9 Å². The highest BCUT2D eigenvalue weighted by Crippen LogP contribution is 2.44. The molecule has 0 radical (unpaired) electrons. The van der Waals surface area contributed by atoms with E-state index < -0.39 is 6.10 Å². The molecule has 2 N–H and O–H groups in total. The van der Waals surface area contributed by atoms with E-state index in [2.05, 4.69) is 46.6 Å². The summed E-state index contributed by atoms with van der Waals surface area (Å²) in [5.74, 6) is 0.867. The molecular formula is C22H29N3O3. The van der Waals surface area contributed by atoms with Gasteiger partial charge in [-0.15, -0.1) is 0 Å². The minimum atomic E-state index is -0.449. The predicted molar refractivity (Wildman–Crippen MR) is 107 cm³/mol. The van der Waals surface area contributed by atoms with Crippen molar-refractivity contribution in [1.29, 1.82) is 0 Å². The molecule has 150 valence electrons. The van der Waals surface area contributed by atoms with E-state index in [-0.39, 0.29) is 5.97 Å². The number of carbonyl (C=O) groups is 1. The number of hydrogen-bond acceptors (Lipinski definition) is 5. The van der Waals surface area contributed by atoms with Gasteiger partial charge < -0.3 is 24.7 Å². The van der Waals surface area contributed by atoms with Gasteiger partial charge in [-0.1, -0.05) is 12.1 Å². The zero-order chi connectivity index (χ0) is 19.1. The van der Waals surface area contributed by atoms with Gasteiger partial charge in [0.25, 0.3) is 0 Å². The van der Waals surface area contributed by atoms with Crippen molar-refractivity contribution in [2.24, 2.45) is 5.92 Å². The normalized spacial score (nSPS) is 30.2. The first-order valence-corrected chi connectivity index (χ1v) is 10.5. The van der Waals surface area contributed by atoms with E-state index >= 15 is 0 Å². The molecule has 4 atom stereocenters. The number of aromatic nitrogens is 1. The molecule has 1 aromatic carbocycles. The summed E-state index contributed by atoms with van der Waals surface area (Å²) >= 11 is 0. The third kappa shape index (κ3) is 3.23. The van der Waals surface area contributed by atoms with Crippen molar-refractivity contribution in [3.8, 4) is 0 Å². The molecule has 6 nitrogen and oxygen atoms in total. The summed E-state index contributed by atoms with van der Waals surface area (Å²) in [6.45, 7) is 3.47. The van der Waals surface area contributed by atoms with Gasteiger partial charge in [0.15, 0.2) is 6.10 Å². The van der Waals surface area contributed by atoms with Crippen LogP contribution in [0.15, 0.2) is 24.4 Å². The van der Waals surface area contributed by atoms with Gasteiger partial charge in [-0.3, -0.25) is 0 Å². The maximum absolute atomic E-state index is 12.2. The van der Waals surface area contributed by atoms with Crippen LogP contribution >= 0.6 is 0 Å². The van der Waals surface area contributed by atoms with E-state index in [1.807, 2.05) is 0 Å². The van der Waals surface area contributed by atoms with Gasteiger partial charge in [-0.25, -0.2) is 4.79 Å². The van der Waals surface area contributed by atoms with Crippen LogP contribution in [-0.4, -0.2) is 67.9 Å². The Kier molecular flexibility index (Phi) is 4.87. The van der Waals surface area contributed by atoms with Crippen LogP contribution in [0.1, 0.15) is 29.9 Å². The second-order valence-corrected chi connectivity index (χ2v) is 8.52. The lowest BCUT2D eigenvalue weighted by Gasteiger charge is -2.45. The second-order valence-electron chi connectivity index (χ2n) is 8.52. The number of morpholine rings is 1. The molecule has 2 fully saturated rings. The van der Waals surface area contributed by atoms with Crippen molar-refractivity contribution in [1.82, 2.24) is 15.2 Å². The molecule has 3 aliphatic rings. The zero-order valence-electron chi connectivity index (χ0n) is 16.4. The first-order chi connectivity index (χ1) is 13.7. The number of carbonyl (C=O) groups excluding carboxylic acids is 1. The number of rotatable bonds is 4. The quantitative estimate of drug-likeness (QED) is 0.791. The van der Waals surface area contributed by atoms with E-state index in [9.17, 15) is 4.79 Å². The summed E-state index contributed by atoms with van der Waals surface area (Å²) < 4.78 is 11.0. The summed E-state index contributed by atoms with van der Waals surface area (Å²) in [5.41, 5.74) is 4.19. The molecule has 0 amide bonds. The third-order valence-electron chi connectivity index (χ3n) is 6.77. The number of hydrogen-bond donors (Lipinski definition) is 2. The number of likely N-dealkylation sites (tertiary alicyclic amines) is 1. The second kappa shape index (κ2) is 7.50. The van der Waals surface area contributed by atoms with Gasteiger partial charge in [-0.2, -0.15) is 0 Å². The molecule has 3 heterocycles. The number of benzene rings is 1. The monoisotopic (exact) mass is 383 g/mol. The fraction of sp³-hybridized carbons (Fsp3) is 0.591. The van der Waals surface area contributed by atoms with Crippen molar-refractivity contribution < 1.29 is 14.3 Å². The van der Waals surface area contributed by atoms with Crippen LogP contribution in [0.2, 0.25) is 0 Å². The topological polar surface area (TPSA) is 66.6 Å². The third-order valence-corrected chi connectivity index (χ3v) is 6.77. The average Bonchev–Trinajstić information content (AvgIpc) is 3.14. The Balaban J connectivity index is 1.24. The number of esters is 1. The van der Waals surface area contributed by atoms with Crippen LogP contribution in [0, 0.1) is 5.92 Å². The summed E-state index contributed by atoms with van der Waals surface area (Å²) in [6, 6.07) is 7.22. The molecule has 0 bridgehead atoms. The number of ether oxygens (including phenoxy) is 2. The Morgan fingerprint density at radius 2 is 2.32 bits per heavy atom. The van der Waals surface area contributed by atoms with E-state index in [0.717, 1.165) is 32.4 Å².